The third-order valence-electron chi connectivity index (χ3n) is 6.48. The molecule has 5 rings (SSSR count). The Balaban J connectivity index is 1.26. The van der Waals surface area contributed by atoms with Gasteiger partial charge in [-0.05, 0) is 42.7 Å². The molecule has 0 saturated heterocycles. The number of para-hydroxylation sites is 2. The van der Waals surface area contributed by atoms with Gasteiger partial charge >= 0.3 is 5.76 Å². The molecule has 1 aliphatic carbocycles. The number of rotatable bonds is 6. The van der Waals surface area contributed by atoms with E-state index in [9.17, 15) is 9.59 Å². The predicted molar refractivity (Wildman–Crippen MR) is 116 cm³/mol. The molecule has 3 aromatic rings. The van der Waals surface area contributed by atoms with Crippen LogP contribution in [0.25, 0.3) is 11.1 Å². The van der Waals surface area contributed by atoms with Gasteiger partial charge in [-0.1, -0.05) is 31.0 Å². The number of hydrogen-bond acceptors (Lipinski definition) is 5. The number of aryl methyl sites for hydroxylation is 1. The molecule has 7 nitrogen and oxygen atoms in total. The van der Waals surface area contributed by atoms with Gasteiger partial charge < -0.3 is 19.2 Å². The lowest BCUT2D eigenvalue weighted by Crippen LogP contribution is -2.39. The SMILES string of the molecule is O=C(CCn1c(=O)oc2ccccc21)NCC1(c2ccc3c(c2)OCCO3)CCCC1. The molecular formula is C24H26N2O5. The van der Waals surface area contributed by atoms with Gasteiger partial charge in [0.2, 0.25) is 5.91 Å². The van der Waals surface area contributed by atoms with Gasteiger partial charge in [0.25, 0.3) is 0 Å². The molecule has 31 heavy (non-hydrogen) atoms. The number of oxazole rings is 1. The first-order chi connectivity index (χ1) is 15.1. The van der Waals surface area contributed by atoms with Crippen molar-refractivity contribution >= 4 is 17.0 Å². The number of nitrogens with zero attached hydrogens (tertiary/aromatic N) is 1. The van der Waals surface area contributed by atoms with Gasteiger partial charge in [0.15, 0.2) is 17.1 Å². The smallest absolute Gasteiger partial charge is 0.419 e. The number of benzene rings is 2. The minimum atomic E-state index is -0.433. The first-order valence-electron chi connectivity index (χ1n) is 10.9. The van der Waals surface area contributed by atoms with Crippen LogP contribution in [-0.2, 0) is 16.8 Å². The molecule has 2 heterocycles. The second-order valence-corrected chi connectivity index (χ2v) is 8.36. The van der Waals surface area contributed by atoms with Crippen molar-refractivity contribution in [3.05, 3.63) is 58.6 Å². The minimum Gasteiger partial charge on any atom is -0.486 e. The fourth-order valence-corrected chi connectivity index (χ4v) is 4.79. The summed E-state index contributed by atoms with van der Waals surface area (Å²) in [6.45, 7) is 2.00. The maximum absolute atomic E-state index is 12.6. The average molecular weight is 422 g/mol. The number of amides is 1. The van der Waals surface area contributed by atoms with E-state index in [1.807, 2.05) is 24.3 Å². The highest BCUT2D eigenvalue weighted by Gasteiger charge is 2.36. The van der Waals surface area contributed by atoms with Crippen LogP contribution in [0.5, 0.6) is 11.5 Å². The highest BCUT2D eigenvalue weighted by molar-refractivity contribution is 5.77. The molecule has 1 aromatic heterocycles. The molecule has 1 saturated carbocycles. The molecule has 1 amide bonds. The average Bonchev–Trinajstić information content (AvgIpc) is 3.40. The Hall–Kier alpha value is -3.22. The van der Waals surface area contributed by atoms with Crippen LogP contribution in [0.3, 0.4) is 0 Å². The Morgan fingerprint density at radius 1 is 1.03 bits per heavy atom. The second kappa shape index (κ2) is 8.13. The maximum atomic E-state index is 12.6. The molecule has 0 atom stereocenters. The van der Waals surface area contributed by atoms with E-state index in [-0.39, 0.29) is 17.7 Å². The van der Waals surface area contributed by atoms with Crippen molar-refractivity contribution in [2.45, 2.75) is 44.1 Å². The lowest BCUT2D eigenvalue weighted by atomic mass is 9.78. The number of ether oxygens (including phenoxy) is 2. The van der Waals surface area contributed by atoms with E-state index in [0.717, 1.165) is 37.2 Å². The Morgan fingerprint density at radius 2 is 1.81 bits per heavy atom. The van der Waals surface area contributed by atoms with Gasteiger partial charge in [-0.15, -0.1) is 0 Å². The van der Waals surface area contributed by atoms with Gasteiger partial charge in [-0.2, -0.15) is 0 Å². The Labute approximate surface area is 179 Å². The normalized spacial score (nSPS) is 17.0. The van der Waals surface area contributed by atoms with Crippen molar-refractivity contribution < 1.29 is 18.7 Å². The van der Waals surface area contributed by atoms with Gasteiger partial charge in [0, 0.05) is 24.9 Å². The zero-order valence-electron chi connectivity index (χ0n) is 17.4. The number of aromatic nitrogens is 1. The minimum absolute atomic E-state index is 0.0685. The molecule has 0 spiro atoms. The van der Waals surface area contributed by atoms with Crippen LogP contribution in [0.15, 0.2) is 51.7 Å². The summed E-state index contributed by atoms with van der Waals surface area (Å²) in [5.74, 6) is 1.07. The van der Waals surface area contributed by atoms with Crippen LogP contribution in [0.4, 0.5) is 0 Å². The van der Waals surface area contributed by atoms with Gasteiger partial charge in [0.05, 0.1) is 5.52 Å². The molecular weight excluding hydrogens is 396 g/mol. The number of hydrogen-bond donors (Lipinski definition) is 1. The molecule has 1 fully saturated rings. The Bertz CT molecular complexity index is 1160. The van der Waals surface area contributed by atoms with Crippen LogP contribution in [-0.4, -0.2) is 30.2 Å². The zero-order chi connectivity index (χ0) is 21.3. The lowest BCUT2D eigenvalue weighted by molar-refractivity contribution is -0.121. The molecule has 0 bridgehead atoms. The number of fused-ring (bicyclic) bond motifs is 2. The van der Waals surface area contributed by atoms with E-state index >= 15 is 0 Å². The fraction of sp³-hybridized carbons (Fsp3) is 0.417. The summed E-state index contributed by atoms with van der Waals surface area (Å²) in [6, 6.07) is 13.4. The van der Waals surface area contributed by atoms with E-state index in [2.05, 4.69) is 17.4 Å². The molecule has 0 unspecified atom stereocenters. The van der Waals surface area contributed by atoms with E-state index in [1.165, 1.54) is 10.1 Å². The summed E-state index contributed by atoms with van der Waals surface area (Å²) in [6.07, 6.45) is 4.56. The lowest BCUT2D eigenvalue weighted by Gasteiger charge is -2.31. The molecule has 2 aromatic carbocycles. The summed E-state index contributed by atoms with van der Waals surface area (Å²) in [5.41, 5.74) is 2.34. The van der Waals surface area contributed by atoms with Crippen molar-refractivity contribution in [2.75, 3.05) is 19.8 Å². The summed E-state index contributed by atoms with van der Waals surface area (Å²) in [5, 5.41) is 3.12. The van der Waals surface area contributed by atoms with Crippen molar-refractivity contribution in [1.82, 2.24) is 9.88 Å². The van der Waals surface area contributed by atoms with Crippen LogP contribution in [0, 0.1) is 0 Å². The number of nitrogens with one attached hydrogen (secondary N) is 1. The highest BCUT2D eigenvalue weighted by atomic mass is 16.6. The molecule has 1 aliphatic heterocycles. The zero-order valence-corrected chi connectivity index (χ0v) is 17.4. The molecule has 162 valence electrons. The third kappa shape index (κ3) is 3.80. The van der Waals surface area contributed by atoms with E-state index < -0.39 is 5.76 Å². The van der Waals surface area contributed by atoms with Crippen LogP contribution in [0.1, 0.15) is 37.7 Å². The van der Waals surface area contributed by atoms with Crippen LogP contribution < -0.4 is 20.5 Å². The third-order valence-corrected chi connectivity index (χ3v) is 6.48. The monoisotopic (exact) mass is 422 g/mol. The van der Waals surface area contributed by atoms with E-state index in [0.29, 0.717) is 37.4 Å². The standard InChI is InChI=1S/C24H26N2O5/c27-22(9-12-26-18-5-1-2-6-19(18)31-23(26)28)25-16-24(10-3-4-11-24)17-7-8-20-21(15-17)30-14-13-29-20/h1-2,5-8,15H,3-4,9-14,16H2,(H,25,27). The Morgan fingerprint density at radius 3 is 2.65 bits per heavy atom. The first-order valence-corrected chi connectivity index (χ1v) is 10.9. The largest absolute Gasteiger partial charge is 0.486 e. The number of carbonyl (C=O) groups is 1. The van der Waals surface area contributed by atoms with Crippen LogP contribution in [0.2, 0.25) is 0 Å². The molecule has 0 radical (unpaired) electrons. The van der Waals surface area contributed by atoms with Gasteiger partial charge in [0.1, 0.15) is 13.2 Å². The summed E-state index contributed by atoms with van der Waals surface area (Å²) in [7, 11) is 0. The Kier molecular flexibility index (Phi) is 5.18. The van der Waals surface area contributed by atoms with Gasteiger partial charge in [-0.25, -0.2) is 4.79 Å². The summed E-state index contributed by atoms with van der Waals surface area (Å²) >= 11 is 0. The summed E-state index contributed by atoms with van der Waals surface area (Å²) < 4.78 is 18.2. The molecule has 7 heteroatoms. The van der Waals surface area contributed by atoms with Crippen LogP contribution >= 0.6 is 0 Å². The van der Waals surface area contributed by atoms with Crippen molar-refractivity contribution in [1.29, 1.82) is 0 Å². The first kappa shape index (κ1) is 19.7. The van der Waals surface area contributed by atoms with Crippen molar-refractivity contribution in [2.24, 2.45) is 0 Å². The second-order valence-electron chi connectivity index (χ2n) is 8.36. The summed E-state index contributed by atoms with van der Waals surface area (Å²) in [4.78, 5) is 24.8. The molecule has 1 N–H and O–H groups in total. The predicted octanol–water partition coefficient (Wildman–Crippen LogP) is 3.38. The van der Waals surface area contributed by atoms with E-state index in [1.54, 1.807) is 6.07 Å². The topological polar surface area (TPSA) is 82.7 Å². The van der Waals surface area contributed by atoms with E-state index in [4.69, 9.17) is 13.9 Å². The van der Waals surface area contributed by atoms with Gasteiger partial charge in [-0.3, -0.25) is 9.36 Å². The maximum Gasteiger partial charge on any atom is 0.419 e. The van der Waals surface area contributed by atoms with Crippen molar-refractivity contribution in [3.63, 3.8) is 0 Å². The highest BCUT2D eigenvalue weighted by Crippen LogP contribution is 2.43. The quantitative estimate of drug-likeness (QED) is 0.659. The molecule has 2 aliphatic rings. The number of carbonyl (C=O) groups excluding carboxylic acids is 1. The van der Waals surface area contributed by atoms with Crippen molar-refractivity contribution in [3.8, 4) is 11.5 Å². The fourth-order valence-electron chi connectivity index (χ4n) is 4.79.